The van der Waals surface area contributed by atoms with Crippen molar-refractivity contribution in [1.82, 2.24) is 0 Å². The van der Waals surface area contributed by atoms with Crippen LogP contribution in [-0.2, 0) is 0 Å². The molecule has 1 aromatic rings. The van der Waals surface area contributed by atoms with E-state index in [1.54, 1.807) is 0 Å². The van der Waals surface area contributed by atoms with E-state index in [1.807, 2.05) is 0 Å². The molecule has 82 valence electrons. The van der Waals surface area contributed by atoms with Gasteiger partial charge in [-0.3, -0.25) is 0 Å². The summed E-state index contributed by atoms with van der Waals surface area (Å²) in [5, 5.41) is 3.23. The summed E-state index contributed by atoms with van der Waals surface area (Å²) in [4.78, 5) is 2.52. The smallest absolute Gasteiger partial charge is 0.164 e. The highest BCUT2D eigenvalue weighted by molar-refractivity contribution is 5.49. The summed E-state index contributed by atoms with van der Waals surface area (Å²) in [7, 11) is 0. The number of nitrogens with two attached hydrogens (primary N) is 1. The molecule has 0 saturated carbocycles. The molecule has 4 nitrogen and oxygen atoms in total. The lowest BCUT2D eigenvalue weighted by atomic mass is 10.1. The molecule has 0 atom stereocenters. The Morgan fingerprint density at radius 1 is 1.44 bits per heavy atom. The van der Waals surface area contributed by atoms with E-state index in [-0.39, 0.29) is 24.2 Å². The van der Waals surface area contributed by atoms with E-state index in [4.69, 9.17) is 11.3 Å². The number of nitrogens with zero attached hydrogens (tertiary/aromatic N) is 3. The molecule has 0 aliphatic rings. The third kappa shape index (κ3) is 2.87. The van der Waals surface area contributed by atoms with Gasteiger partial charge >= 0.3 is 0 Å². The van der Waals surface area contributed by atoms with Crippen molar-refractivity contribution in [2.45, 2.75) is 6.42 Å². The van der Waals surface area contributed by atoms with Crippen LogP contribution in [0.15, 0.2) is 17.2 Å². The molecule has 0 heterocycles. The molecule has 0 aliphatic carbocycles. The van der Waals surface area contributed by atoms with Crippen LogP contribution in [0, 0.1) is 23.5 Å². The van der Waals surface area contributed by atoms with Gasteiger partial charge in [-0.25, -0.2) is 8.78 Å². The van der Waals surface area contributed by atoms with Gasteiger partial charge in [0.2, 0.25) is 0 Å². The zero-order valence-electron chi connectivity index (χ0n) is 8.24. The summed E-state index contributed by atoms with van der Waals surface area (Å²) in [6, 6.07) is 2.19. The van der Waals surface area contributed by atoms with Gasteiger partial charge in [-0.15, -0.1) is 0 Å². The number of benzene rings is 1. The van der Waals surface area contributed by atoms with Crippen LogP contribution in [0.5, 0.6) is 0 Å². The molecule has 0 bridgehead atoms. The van der Waals surface area contributed by atoms with E-state index in [1.165, 1.54) is 0 Å². The number of nitrogen functional groups attached to an aromatic ring is 1. The van der Waals surface area contributed by atoms with Crippen molar-refractivity contribution >= 4 is 5.69 Å². The van der Waals surface area contributed by atoms with E-state index < -0.39 is 11.6 Å². The third-order valence-electron chi connectivity index (χ3n) is 1.73. The topological polar surface area (TPSA) is 74.8 Å². The maximum absolute atomic E-state index is 13.3. The summed E-state index contributed by atoms with van der Waals surface area (Å²) in [5.41, 5.74) is 12.7. The minimum absolute atomic E-state index is 0.152. The summed E-state index contributed by atoms with van der Waals surface area (Å²) in [5.74, 6) is 3.19. The Hall–Kier alpha value is -2.25. The Morgan fingerprint density at radius 3 is 2.88 bits per heavy atom. The molecule has 0 aromatic heterocycles. The zero-order chi connectivity index (χ0) is 12.0. The van der Waals surface area contributed by atoms with Crippen LogP contribution in [0.4, 0.5) is 14.5 Å². The molecule has 16 heavy (non-hydrogen) atoms. The molecule has 0 saturated heterocycles. The van der Waals surface area contributed by atoms with Crippen LogP contribution in [0.25, 0.3) is 10.4 Å². The summed E-state index contributed by atoms with van der Waals surface area (Å²) < 4.78 is 26.4. The fraction of sp³-hybridized carbons (Fsp3) is 0.200. The molecular weight excluding hydrogens is 214 g/mol. The second kappa shape index (κ2) is 5.59. The number of halogens is 2. The molecule has 0 fully saturated rings. The molecule has 6 heteroatoms. The normalized spacial score (nSPS) is 8.88. The lowest BCUT2D eigenvalue weighted by Gasteiger charge is -1.99. The van der Waals surface area contributed by atoms with Crippen molar-refractivity contribution in [2.24, 2.45) is 5.11 Å². The van der Waals surface area contributed by atoms with Crippen molar-refractivity contribution in [1.29, 1.82) is 0 Å². The van der Waals surface area contributed by atoms with Gasteiger partial charge in [-0.2, -0.15) is 0 Å². The van der Waals surface area contributed by atoms with Crippen molar-refractivity contribution < 1.29 is 8.78 Å². The lowest BCUT2D eigenvalue weighted by molar-refractivity contribution is 0.580. The Labute approximate surface area is 90.7 Å². The first-order chi connectivity index (χ1) is 7.66. The second-order valence-corrected chi connectivity index (χ2v) is 2.83. The van der Waals surface area contributed by atoms with E-state index >= 15 is 0 Å². The van der Waals surface area contributed by atoms with Gasteiger partial charge in [0, 0.05) is 17.9 Å². The molecule has 1 aromatic carbocycles. The number of anilines is 1. The Balaban J connectivity index is 2.87. The minimum atomic E-state index is -0.865. The van der Waals surface area contributed by atoms with Crippen LogP contribution in [-0.4, -0.2) is 6.54 Å². The molecule has 0 radical (unpaired) electrons. The third-order valence-corrected chi connectivity index (χ3v) is 1.73. The van der Waals surface area contributed by atoms with Crippen molar-refractivity contribution in [3.63, 3.8) is 0 Å². The molecule has 2 N–H and O–H groups in total. The van der Waals surface area contributed by atoms with Gasteiger partial charge in [-0.05, 0) is 17.7 Å². The molecule has 0 amide bonds. The van der Waals surface area contributed by atoms with E-state index in [0.29, 0.717) is 0 Å². The van der Waals surface area contributed by atoms with E-state index in [2.05, 4.69) is 21.9 Å². The van der Waals surface area contributed by atoms with Crippen molar-refractivity contribution in [3.05, 3.63) is 39.8 Å². The van der Waals surface area contributed by atoms with Crippen LogP contribution >= 0.6 is 0 Å². The van der Waals surface area contributed by atoms with E-state index in [9.17, 15) is 8.78 Å². The number of azide groups is 1. The monoisotopic (exact) mass is 222 g/mol. The first-order valence-electron chi connectivity index (χ1n) is 4.40. The van der Waals surface area contributed by atoms with Crippen molar-refractivity contribution in [3.8, 4) is 11.8 Å². The van der Waals surface area contributed by atoms with Crippen LogP contribution in [0.2, 0.25) is 0 Å². The fourth-order valence-electron chi connectivity index (χ4n) is 0.985. The highest BCUT2D eigenvalue weighted by Gasteiger charge is 2.08. The summed E-state index contributed by atoms with van der Waals surface area (Å²) in [6.07, 6.45) is 0.234. The molecule has 0 unspecified atom stereocenters. The maximum Gasteiger partial charge on any atom is 0.164 e. The van der Waals surface area contributed by atoms with Gasteiger partial charge in [0.05, 0.1) is 11.3 Å². The van der Waals surface area contributed by atoms with Crippen LogP contribution in [0.1, 0.15) is 12.0 Å². The van der Waals surface area contributed by atoms with Gasteiger partial charge < -0.3 is 5.73 Å². The zero-order valence-corrected chi connectivity index (χ0v) is 8.24. The van der Waals surface area contributed by atoms with E-state index in [0.717, 1.165) is 12.1 Å². The van der Waals surface area contributed by atoms with Crippen LogP contribution in [0.3, 0.4) is 0 Å². The van der Waals surface area contributed by atoms with Gasteiger partial charge in [-0.1, -0.05) is 17.0 Å². The summed E-state index contributed by atoms with van der Waals surface area (Å²) >= 11 is 0. The molecule has 1 rings (SSSR count). The molecule has 0 aliphatic heterocycles. The average molecular weight is 222 g/mol. The van der Waals surface area contributed by atoms with Crippen LogP contribution < -0.4 is 5.73 Å². The maximum atomic E-state index is 13.3. The van der Waals surface area contributed by atoms with Gasteiger partial charge in [0.15, 0.2) is 5.82 Å². The molecule has 0 spiro atoms. The van der Waals surface area contributed by atoms with Gasteiger partial charge in [0.25, 0.3) is 0 Å². The van der Waals surface area contributed by atoms with Crippen molar-refractivity contribution in [2.75, 3.05) is 12.3 Å². The quantitative estimate of drug-likeness (QED) is 0.205. The Kier molecular flexibility index (Phi) is 4.13. The predicted octanol–water partition coefficient (Wildman–Crippen LogP) is 2.60. The second-order valence-electron chi connectivity index (χ2n) is 2.83. The highest BCUT2D eigenvalue weighted by atomic mass is 19.1. The summed E-state index contributed by atoms with van der Waals surface area (Å²) in [6.45, 7) is 0.162. The number of rotatable bonds is 2. The Bertz CT molecular complexity index is 496. The highest BCUT2D eigenvalue weighted by Crippen LogP contribution is 2.17. The SMILES string of the molecule is [N-]=[N+]=NCCC#Cc1c(F)ccc(N)c1F. The first kappa shape index (κ1) is 11.8. The predicted molar refractivity (Wildman–Crippen MR) is 56.3 cm³/mol. The standard InChI is InChI=1S/C10H8F2N4/c11-8-4-5-9(13)10(12)7(8)3-1-2-6-15-16-14/h4-5H,2,6,13H2. The fourth-order valence-corrected chi connectivity index (χ4v) is 0.985. The Morgan fingerprint density at radius 2 is 2.19 bits per heavy atom. The lowest BCUT2D eigenvalue weighted by Crippen LogP contribution is -1.96. The number of hydrogen-bond donors (Lipinski definition) is 1. The first-order valence-corrected chi connectivity index (χ1v) is 4.40. The van der Waals surface area contributed by atoms with Gasteiger partial charge in [0.1, 0.15) is 5.82 Å². The average Bonchev–Trinajstić information content (AvgIpc) is 2.28. The minimum Gasteiger partial charge on any atom is -0.396 e. The number of hydrogen-bond acceptors (Lipinski definition) is 2. The molecular formula is C10H8F2N4. The largest absolute Gasteiger partial charge is 0.396 e.